The van der Waals surface area contributed by atoms with Crippen LogP contribution in [0.5, 0.6) is 23.0 Å². The maximum Gasteiger partial charge on any atom is 0.330 e. The Morgan fingerprint density at radius 3 is 0.903 bits per heavy atom. The molecule has 72 heavy (non-hydrogen) atoms. The molecule has 0 unspecified atom stereocenters. The second-order valence-corrected chi connectivity index (χ2v) is 18.1. The van der Waals surface area contributed by atoms with Gasteiger partial charge >= 0.3 is 23.9 Å². The molecule has 0 fully saturated rings. The SMILES string of the molecule is C=CC(=O)OCCCc1cc2c(OC)c(c1)Cc1cc(CCCOC(=O)CC(C)=O)cc(c1OC)Cc1cc(CCCOC(=O)CC)cc(c1OC)Cc1cc(CCCOC(=O)CC(C)=O)cc(c1OC)C2. The van der Waals surface area contributed by atoms with Gasteiger partial charge in [0.15, 0.2) is 0 Å². The summed E-state index contributed by atoms with van der Waals surface area (Å²) in [7, 11) is 6.67. The van der Waals surface area contributed by atoms with Crippen LogP contribution in [-0.4, -0.2) is 90.3 Å². The number of aryl methyl sites for hydroxylation is 4. The average Bonchev–Trinajstić information content (AvgIpc) is 3.33. The minimum Gasteiger partial charge on any atom is -0.496 e. The summed E-state index contributed by atoms with van der Waals surface area (Å²) in [5.41, 5.74) is 11.3. The van der Waals surface area contributed by atoms with Crippen molar-refractivity contribution in [3.05, 3.63) is 128 Å². The molecule has 1 aliphatic carbocycles. The van der Waals surface area contributed by atoms with Crippen molar-refractivity contribution in [2.45, 2.75) is 117 Å². The van der Waals surface area contributed by atoms with E-state index in [1.807, 2.05) is 0 Å². The molecule has 0 saturated carbocycles. The zero-order chi connectivity index (χ0) is 52.2. The molecule has 14 heteroatoms. The summed E-state index contributed by atoms with van der Waals surface area (Å²) in [6.07, 6.45) is 7.16. The number of ketones is 2. The fraction of sp³-hybridized carbons (Fsp3) is 0.448. The Bertz CT molecular complexity index is 2450. The van der Waals surface area contributed by atoms with Crippen molar-refractivity contribution in [1.29, 1.82) is 0 Å². The quantitative estimate of drug-likeness (QED) is 0.0169. The first kappa shape index (κ1) is 56.0. The van der Waals surface area contributed by atoms with Gasteiger partial charge < -0.3 is 37.9 Å². The summed E-state index contributed by atoms with van der Waals surface area (Å²) >= 11 is 0. The molecular weight excluding hydrogens is 921 g/mol. The van der Waals surface area contributed by atoms with Crippen LogP contribution in [0.3, 0.4) is 0 Å². The van der Waals surface area contributed by atoms with Gasteiger partial charge in [-0.15, -0.1) is 0 Å². The van der Waals surface area contributed by atoms with E-state index in [1.165, 1.54) is 13.8 Å². The Morgan fingerprint density at radius 2 is 0.681 bits per heavy atom. The molecule has 0 saturated heterocycles. The highest BCUT2D eigenvalue weighted by molar-refractivity contribution is 5.94. The molecule has 0 heterocycles. The Morgan fingerprint density at radius 1 is 0.431 bits per heavy atom. The summed E-state index contributed by atoms with van der Waals surface area (Å²) in [6.45, 7) is 8.80. The smallest absolute Gasteiger partial charge is 0.330 e. The van der Waals surface area contributed by atoms with E-state index in [0.29, 0.717) is 106 Å². The van der Waals surface area contributed by atoms with Crippen LogP contribution in [0.1, 0.15) is 132 Å². The monoisotopic (exact) mass is 990 g/mol. The van der Waals surface area contributed by atoms with Gasteiger partial charge in [-0.25, -0.2) is 4.79 Å². The molecule has 0 radical (unpaired) electrons. The van der Waals surface area contributed by atoms with E-state index < -0.39 is 17.9 Å². The molecule has 0 N–H and O–H groups in total. The Kier molecular flexibility index (Phi) is 21.9. The highest BCUT2D eigenvalue weighted by Gasteiger charge is 2.24. The largest absolute Gasteiger partial charge is 0.496 e. The molecular formula is C58H70O14. The second-order valence-electron chi connectivity index (χ2n) is 18.1. The van der Waals surface area contributed by atoms with Crippen LogP contribution in [0, 0.1) is 0 Å². The van der Waals surface area contributed by atoms with Crippen LogP contribution >= 0.6 is 0 Å². The molecule has 0 amide bonds. The maximum atomic E-state index is 12.3. The fourth-order valence-electron chi connectivity index (χ4n) is 9.31. The first-order valence-corrected chi connectivity index (χ1v) is 24.7. The number of rotatable bonds is 26. The second kappa shape index (κ2) is 28.2. The molecule has 0 aromatic heterocycles. The number of carbonyl (C=O) groups excluding carboxylic acids is 6. The summed E-state index contributed by atoms with van der Waals surface area (Å²) in [5, 5.41) is 0. The lowest BCUT2D eigenvalue weighted by Gasteiger charge is -2.23. The van der Waals surface area contributed by atoms with Crippen molar-refractivity contribution in [3.8, 4) is 23.0 Å². The molecule has 4 aromatic rings. The molecule has 14 nitrogen and oxygen atoms in total. The molecule has 386 valence electrons. The van der Waals surface area contributed by atoms with Gasteiger partial charge in [0, 0.05) is 38.2 Å². The van der Waals surface area contributed by atoms with Crippen LogP contribution in [0.15, 0.2) is 61.2 Å². The van der Waals surface area contributed by atoms with Crippen molar-refractivity contribution in [2.24, 2.45) is 0 Å². The normalized spacial score (nSPS) is 11.7. The predicted molar refractivity (Wildman–Crippen MR) is 271 cm³/mol. The lowest BCUT2D eigenvalue weighted by atomic mass is 9.87. The standard InChI is InChI=1S/C58H70O14/c1-9-51(61)69-19-11-15-39-25-43-33-47-29-41(17-13-21-71-53(63)23-37(3)59)31-49(57(47)67-7)35-45-27-40(16-12-20-70-52(62)10-2)28-46(56(45)66-6)36-50-32-42(18-14-22-72-54(64)24-38(4)60)30-48(58(50)68-8)34-44(26-39)55(43)65-5/h9,25-32H,1,10-24,33-36H2,2-8H3. The third kappa shape index (κ3) is 16.6. The maximum absolute atomic E-state index is 12.3. The van der Waals surface area contributed by atoms with Gasteiger partial charge in [0.1, 0.15) is 47.4 Å². The number of carbonyl (C=O) groups is 6. The van der Waals surface area contributed by atoms with Gasteiger partial charge in [0.2, 0.25) is 0 Å². The first-order valence-electron chi connectivity index (χ1n) is 24.7. The van der Waals surface area contributed by atoms with E-state index in [-0.39, 0.29) is 56.8 Å². The number of methoxy groups -OCH3 is 4. The van der Waals surface area contributed by atoms with Crippen molar-refractivity contribution in [3.63, 3.8) is 0 Å². The van der Waals surface area contributed by atoms with Gasteiger partial charge in [-0.1, -0.05) is 62.0 Å². The van der Waals surface area contributed by atoms with Gasteiger partial charge in [0.05, 0.1) is 54.9 Å². The lowest BCUT2D eigenvalue weighted by Crippen LogP contribution is -2.11. The van der Waals surface area contributed by atoms with Gasteiger partial charge in [-0.05, 0) is 132 Å². The van der Waals surface area contributed by atoms with Crippen LogP contribution in [-0.2, 0) is 99.1 Å². The highest BCUT2D eigenvalue weighted by Crippen LogP contribution is 2.41. The van der Waals surface area contributed by atoms with Gasteiger partial charge in [0.25, 0.3) is 0 Å². The number of esters is 4. The number of Topliss-reactive ketones (excluding diaryl/α,β-unsaturated/α-hetero) is 2. The van der Waals surface area contributed by atoms with Crippen molar-refractivity contribution in [1.82, 2.24) is 0 Å². The molecule has 0 aliphatic heterocycles. The van der Waals surface area contributed by atoms with Crippen LogP contribution in [0.4, 0.5) is 0 Å². The molecule has 5 rings (SSSR count). The van der Waals surface area contributed by atoms with E-state index in [1.54, 1.807) is 35.4 Å². The Labute approximate surface area is 423 Å². The number of ether oxygens (including phenoxy) is 8. The van der Waals surface area contributed by atoms with Gasteiger partial charge in [-0.2, -0.15) is 0 Å². The third-order valence-corrected chi connectivity index (χ3v) is 12.3. The molecule has 0 atom stereocenters. The Balaban J connectivity index is 1.72. The lowest BCUT2D eigenvalue weighted by molar-refractivity contribution is -0.147. The number of fused-ring (bicyclic) bond motifs is 8. The van der Waals surface area contributed by atoms with Crippen molar-refractivity contribution in [2.75, 3.05) is 54.9 Å². The third-order valence-electron chi connectivity index (χ3n) is 12.3. The zero-order valence-electron chi connectivity index (χ0n) is 43.1. The summed E-state index contributed by atoms with van der Waals surface area (Å²) in [6, 6.07) is 17.0. The number of hydrogen-bond donors (Lipinski definition) is 0. The van der Waals surface area contributed by atoms with Crippen LogP contribution < -0.4 is 18.9 Å². The molecule has 4 aromatic carbocycles. The topological polar surface area (TPSA) is 176 Å². The fourth-order valence-corrected chi connectivity index (χ4v) is 9.31. The molecule has 8 bridgehead atoms. The number of benzene rings is 4. The summed E-state index contributed by atoms with van der Waals surface area (Å²) in [5.74, 6) is 0.458. The van der Waals surface area contributed by atoms with E-state index in [2.05, 4.69) is 55.1 Å². The number of hydrogen-bond acceptors (Lipinski definition) is 14. The minimum absolute atomic E-state index is 0.150. The summed E-state index contributed by atoms with van der Waals surface area (Å²) < 4.78 is 47.0. The van der Waals surface area contributed by atoms with Crippen LogP contribution in [0.2, 0.25) is 0 Å². The Hall–Kier alpha value is -6.96. The van der Waals surface area contributed by atoms with Crippen LogP contribution in [0.25, 0.3) is 0 Å². The van der Waals surface area contributed by atoms with E-state index in [0.717, 1.165) is 72.8 Å². The van der Waals surface area contributed by atoms with E-state index in [4.69, 9.17) is 37.9 Å². The molecule has 0 spiro atoms. The van der Waals surface area contributed by atoms with E-state index >= 15 is 0 Å². The van der Waals surface area contributed by atoms with E-state index in [9.17, 15) is 28.8 Å². The first-order chi connectivity index (χ1) is 34.7. The van der Waals surface area contributed by atoms with Crippen molar-refractivity contribution >= 4 is 35.4 Å². The molecule has 1 aliphatic rings. The highest BCUT2D eigenvalue weighted by atomic mass is 16.5. The summed E-state index contributed by atoms with van der Waals surface area (Å²) in [4.78, 5) is 71.7. The zero-order valence-corrected chi connectivity index (χ0v) is 43.1. The van der Waals surface area contributed by atoms with Gasteiger partial charge in [-0.3, -0.25) is 24.0 Å². The predicted octanol–water partition coefficient (Wildman–Crippen LogP) is 8.86. The minimum atomic E-state index is -0.551. The van der Waals surface area contributed by atoms with Crippen molar-refractivity contribution < 1.29 is 66.7 Å². The average molecular weight is 991 g/mol.